The molecule has 1 saturated heterocycles. The van der Waals surface area contributed by atoms with E-state index >= 15 is 0 Å². The SMILES string of the molecule is CC1CCCCC1N1C[C@@H]2C(C(=O)CCC(=O)Nc3cccc(C(C)(F)F)c3)[C@@H]2C1. The molecule has 0 radical (unpaired) electrons. The average Bonchev–Trinajstić information content (AvgIpc) is 3.20. The van der Waals surface area contributed by atoms with Crippen LogP contribution < -0.4 is 5.32 Å². The quantitative estimate of drug-likeness (QED) is 0.689. The van der Waals surface area contributed by atoms with Crippen molar-refractivity contribution >= 4 is 17.4 Å². The number of likely N-dealkylation sites (tertiary alicyclic amines) is 1. The maximum atomic E-state index is 13.4. The molecule has 6 heteroatoms. The molecular formula is C24H32F2N2O2. The summed E-state index contributed by atoms with van der Waals surface area (Å²) in [5.74, 6) is -1.26. The number of benzene rings is 1. The van der Waals surface area contributed by atoms with Crippen LogP contribution in [0, 0.1) is 23.7 Å². The van der Waals surface area contributed by atoms with Gasteiger partial charge in [0.2, 0.25) is 5.91 Å². The number of fused-ring (bicyclic) bond motifs is 1. The lowest BCUT2D eigenvalue weighted by molar-refractivity contribution is -0.124. The number of ketones is 1. The molecule has 2 aliphatic carbocycles. The molecule has 164 valence electrons. The standard InChI is InChI=1S/C24H32F2N2O2/c1-15-6-3-4-9-20(15)28-13-18-19(14-28)23(18)21(29)10-11-22(30)27-17-8-5-7-16(12-17)24(2,25)26/h5,7-8,12,15,18-20,23H,3-4,6,9-11,13-14H2,1-2H3,(H,27,30)/t15?,18-,19+,20?,23?. The van der Waals surface area contributed by atoms with Gasteiger partial charge in [-0.2, -0.15) is 0 Å². The number of alkyl halides is 2. The Labute approximate surface area is 177 Å². The molecule has 5 atom stereocenters. The maximum absolute atomic E-state index is 13.4. The van der Waals surface area contributed by atoms with Crippen LogP contribution in [0.25, 0.3) is 0 Å². The molecule has 2 saturated carbocycles. The molecule has 1 N–H and O–H groups in total. The Balaban J connectivity index is 1.22. The number of rotatable bonds is 7. The van der Waals surface area contributed by atoms with E-state index in [4.69, 9.17) is 0 Å². The van der Waals surface area contributed by atoms with Gasteiger partial charge in [-0.15, -0.1) is 0 Å². The van der Waals surface area contributed by atoms with Gasteiger partial charge in [0.25, 0.3) is 5.92 Å². The summed E-state index contributed by atoms with van der Waals surface area (Å²) in [6.45, 7) is 5.24. The van der Waals surface area contributed by atoms with Crippen molar-refractivity contribution in [1.82, 2.24) is 4.90 Å². The third-order valence-corrected chi connectivity index (χ3v) is 7.38. The first-order valence-corrected chi connectivity index (χ1v) is 11.3. The molecule has 1 aromatic rings. The van der Waals surface area contributed by atoms with Gasteiger partial charge in [-0.3, -0.25) is 14.5 Å². The summed E-state index contributed by atoms with van der Waals surface area (Å²) in [4.78, 5) is 27.4. The maximum Gasteiger partial charge on any atom is 0.270 e. The lowest BCUT2D eigenvalue weighted by Gasteiger charge is -2.37. The number of nitrogens with one attached hydrogen (secondary N) is 1. The molecule has 1 amide bonds. The summed E-state index contributed by atoms with van der Waals surface area (Å²) in [6, 6.07) is 6.38. The third-order valence-electron chi connectivity index (χ3n) is 7.38. The summed E-state index contributed by atoms with van der Waals surface area (Å²) < 4.78 is 26.9. The van der Waals surface area contributed by atoms with Crippen LogP contribution in [0.3, 0.4) is 0 Å². The van der Waals surface area contributed by atoms with Crippen LogP contribution in [-0.4, -0.2) is 35.7 Å². The normalized spacial score (nSPS) is 31.3. The van der Waals surface area contributed by atoms with Crippen LogP contribution in [0.4, 0.5) is 14.5 Å². The summed E-state index contributed by atoms with van der Waals surface area (Å²) in [5.41, 5.74) is 0.200. The highest BCUT2D eigenvalue weighted by atomic mass is 19.3. The largest absolute Gasteiger partial charge is 0.326 e. The number of hydrogen-bond donors (Lipinski definition) is 1. The molecule has 1 aromatic carbocycles. The Morgan fingerprint density at radius 1 is 1.13 bits per heavy atom. The molecule has 0 aromatic heterocycles. The van der Waals surface area contributed by atoms with Gasteiger partial charge in [-0.1, -0.05) is 31.9 Å². The zero-order chi connectivity index (χ0) is 21.5. The molecule has 3 aliphatic rings. The molecule has 0 bridgehead atoms. The smallest absolute Gasteiger partial charge is 0.270 e. The molecule has 1 aliphatic heterocycles. The highest BCUT2D eigenvalue weighted by Crippen LogP contribution is 2.54. The van der Waals surface area contributed by atoms with Crippen molar-refractivity contribution < 1.29 is 18.4 Å². The Morgan fingerprint density at radius 3 is 2.50 bits per heavy atom. The van der Waals surface area contributed by atoms with Crippen molar-refractivity contribution in [2.75, 3.05) is 18.4 Å². The van der Waals surface area contributed by atoms with Crippen LogP contribution in [0.1, 0.15) is 57.9 Å². The predicted molar refractivity (Wildman–Crippen MR) is 112 cm³/mol. The zero-order valence-electron chi connectivity index (χ0n) is 17.9. The van der Waals surface area contributed by atoms with E-state index in [2.05, 4.69) is 17.1 Å². The van der Waals surface area contributed by atoms with Crippen LogP contribution in [-0.2, 0) is 15.5 Å². The van der Waals surface area contributed by atoms with Crippen molar-refractivity contribution in [3.8, 4) is 0 Å². The van der Waals surface area contributed by atoms with Gasteiger partial charge >= 0.3 is 0 Å². The fourth-order valence-electron chi connectivity index (χ4n) is 5.64. The zero-order valence-corrected chi connectivity index (χ0v) is 17.9. The number of amides is 1. The van der Waals surface area contributed by atoms with E-state index in [9.17, 15) is 18.4 Å². The van der Waals surface area contributed by atoms with E-state index in [1.165, 1.54) is 43.9 Å². The number of nitrogens with zero attached hydrogens (tertiary/aromatic N) is 1. The Hall–Kier alpha value is -1.82. The Kier molecular flexibility index (Phi) is 5.97. The van der Waals surface area contributed by atoms with E-state index in [0.717, 1.165) is 25.9 Å². The molecule has 4 rings (SSSR count). The van der Waals surface area contributed by atoms with Crippen molar-refractivity contribution in [3.63, 3.8) is 0 Å². The van der Waals surface area contributed by atoms with Crippen molar-refractivity contribution in [3.05, 3.63) is 29.8 Å². The minimum absolute atomic E-state index is 0.102. The number of hydrogen-bond acceptors (Lipinski definition) is 3. The second-order valence-electron chi connectivity index (χ2n) is 9.62. The molecule has 3 fully saturated rings. The minimum Gasteiger partial charge on any atom is -0.326 e. The first kappa shape index (κ1) is 21.4. The highest BCUT2D eigenvalue weighted by Gasteiger charge is 2.59. The van der Waals surface area contributed by atoms with E-state index < -0.39 is 5.92 Å². The van der Waals surface area contributed by atoms with Crippen molar-refractivity contribution in [1.29, 1.82) is 0 Å². The molecular weight excluding hydrogens is 386 g/mol. The van der Waals surface area contributed by atoms with Gasteiger partial charge < -0.3 is 5.32 Å². The predicted octanol–water partition coefficient (Wildman–Crippen LogP) is 4.84. The van der Waals surface area contributed by atoms with Gasteiger partial charge in [-0.05, 0) is 42.7 Å². The number of halogens is 2. The Bertz CT molecular complexity index is 795. The van der Waals surface area contributed by atoms with Crippen LogP contribution in [0.5, 0.6) is 0 Å². The Morgan fingerprint density at radius 2 is 1.83 bits per heavy atom. The van der Waals surface area contributed by atoms with E-state index in [-0.39, 0.29) is 36.0 Å². The van der Waals surface area contributed by atoms with Crippen LogP contribution in [0.2, 0.25) is 0 Å². The number of anilines is 1. The number of carbonyl (C=O) groups excluding carboxylic acids is 2. The van der Waals surface area contributed by atoms with E-state index in [1.807, 2.05) is 0 Å². The lowest BCUT2D eigenvalue weighted by Crippen LogP contribution is -2.42. The van der Waals surface area contributed by atoms with Gasteiger partial charge in [-0.25, -0.2) is 8.78 Å². The highest BCUT2D eigenvalue weighted by molar-refractivity contribution is 5.94. The number of carbonyl (C=O) groups is 2. The average molecular weight is 419 g/mol. The summed E-state index contributed by atoms with van der Waals surface area (Å²) in [5, 5.41) is 2.64. The first-order valence-electron chi connectivity index (χ1n) is 11.3. The lowest BCUT2D eigenvalue weighted by atomic mass is 9.85. The van der Waals surface area contributed by atoms with Gasteiger partial charge in [0, 0.05) is 56.1 Å². The van der Waals surface area contributed by atoms with Gasteiger partial charge in [0.1, 0.15) is 5.78 Å². The monoisotopic (exact) mass is 418 g/mol. The second-order valence-corrected chi connectivity index (χ2v) is 9.62. The number of piperidine rings is 1. The third kappa shape index (κ3) is 4.58. The molecule has 3 unspecified atom stereocenters. The fourth-order valence-corrected chi connectivity index (χ4v) is 5.64. The summed E-state index contributed by atoms with van der Waals surface area (Å²) in [7, 11) is 0. The summed E-state index contributed by atoms with van der Waals surface area (Å²) in [6.07, 6.45) is 5.58. The van der Waals surface area contributed by atoms with Gasteiger partial charge in [0.15, 0.2) is 0 Å². The summed E-state index contributed by atoms with van der Waals surface area (Å²) >= 11 is 0. The van der Waals surface area contributed by atoms with Crippen LogP contribution in [0.15, 0.2) is 24.3 Å². The fraction of sp³-hybridized carbons (Fsp3) is 0.667. The number of Topliss-reactive ketones (excluding diaryl/α,β-unsaturated/α-hetero) is 1. The topological polar surface area (TPSA) is 49.4 Å². The molecule has 1 heterocycles. The van der Waals surface area contributed by atoms with Crippen LogP contribution >= 0.6 is 0 Å². The van der Waals surface area contributed by atoms with Crippen molar-refractivity contribution in [2.45, 2.75) is 64.3 Å². The van der Waals surface area contributed by atoms with E-state index in [0.29, 0.717) is 23.6 Å². The first-order chi connectivity index (χ1) is 14.2. The molecule has 0 spiro atoms. The van der Waals surface area contributed by atoms with E-state index in [1.54, 1.807) is 6.07 Å². The van der Waals surface area contributed by atoms with Gasteiger partial charge in [0.05, 0.1) is 0 Å². The van der Waals surface area contributed by atoms with Crippen molar-refractivity contribution in [2.24, 2.45) is 23.7 Å². The minimum atomic E-state index is -2.95. The molecule has 4 nitrogen and oxygen atoms in total. The molecule has 30 heavy (non-hydrogen) atoms. The second kappa shape index (κ2) is 8.37.